The Morgan fingerprint density at radius 1 is 1.31 bits per heavy atom. The lowest BCUT2D eigenvalue weighted by atomic mass is 9.75. The number of carbonyl (C=O) groups is 2. The van der Waals surface area contributed by atoms with Gasteiger partial charge < -0.3 is 15.2 Å². The zero-order chi connectivity index (χ0) is 21.5. The number of rotatable bonds is 4. The molecule has 0 saturated heterocycles. The number of nitrogen functional groups attached to an aromatic ring is 1. The quantitative estimate of drug-likeness (QED) is 0.773. The van der Waals surface area contributed by atoms with Crippen LogP contribution in [0, 0.1) is 17.8 Å². The molecule has 2 heterocycles. The predicted molar refractivity (Wildman–Crippen MR) is 112 cm³/mol. The van der Waals surface area contributed by atoms with Crippen molar-refractivity contribution in [2.75, 3.05) is 10.6 Å². The SMILES string of the molecule is CC1CCC(C(C)C)C(OC(=O)C(C)N2C(=O)C(C)(C)Oc3ccc(N)nc32)C1. The van der Waals surface area contributed by atoms with E-state index in [1.54, 1.807) is 32.9 Å². The Bertz CT molecular complexity index is 792. The summed E-state index contributed by atoms with van der Waals surface area (Å²) in [5.74, 6) is 1.46. The van der Waals surface area contributed by atoms with Gasteiger partial charge in [-0.15, -0.1) is 0 Å². The number of nitrogens with two attached hydrogens (primary N) is 1. The van der Waals surface area contributed by atoms with E-state index in [1.165, 1.54) is 4.90 Å². The van der Waals surface area contributed by atoms with Crippen molar-refractivity contribution in [2.24, 2.45) is 17.8 Å². The number of hydrogen-bond acceptors (Lipinski definition) is 6. The van der Waals surface area contributed by atoms with Gasteiger partial charge in [-0.3, -0.25) is 9.69 Å². The highest BCUT2D eigenvalue weighted by molar-refractivity contribution is 6.05. The maximum absolute atomic E-state index is 13.1. The minimum Gasteiger partial charge on any atom is -0.474 e. The van der Waals surface area contributed by atoms with E-state index in [0.29, 0.717) is 23.5 Å². The molecule has 0 bridgehead atoms. The molecule has 2 aliphatic rings. The summed E-state index contributed by atoms with van der Waals surface area (Å²) in [6.07, 6.45) is 2.92. The number of amides is 1. The van der Waals surface area contributed by atoms with E-state index < -0.39 is 17.6 Å². The minimum absolute atomic E-state index is 0.133. The minimum atomic E-state index is -1.11. The predicted octanol–water partition coefficient (Wildman–Crippen LogP) is 3.56. The lowest BCUT2D eigenvalue weighted by molar-refractivity contribution is -0.158. The number of aromatic nitrogens is 1. The molecule has 4 unspecified atom stereocenters. The molecule has 1 aromatic rings. The van der Waals surface area contributed by atoms with Crippen LogP contribution in [0.25, 0.3) is 0 Å². The molecule has 3 rings (SSSR count). The van der Waals surface area contributed by atoms with Crippen molar-refractivity contribution in [1.82, 2.24) is 4.98 Å². The molecule has 1 aromatic heterocycles. The second kappa shape index (κ2) is 7.84. The molecular formula is C22H33N3O4. The fraction of sp³-hybridized carbons (Fsp3) is 0.682. The van der Waals surface area contributed by atoms with Gasteiger partial charge in [-0.25, -0.2) is 9.78 Å². The number of hydrogen-bond donors (Lipinski definition) is 1. The second-order valence-electron chi connectivity index (χ2n) is 9.32. The van der Waals surface area contributed by atoms with E-state index in [0.717, 1.165) is 19.3 Å². The molecule has 0 aromatic carbocycles. The number of carbonyl (C=O) groups excluding carboxylic acids is 2. The molecule has 7 heteroatoms. The molecule has 1 saturated carbocycles. The first-order chi connectivity index (χ1) is 13.5. The standard InChI is InChI=1S/C22H33N3O4/c1-12(2)15-8-7-13(3)11-17(15)28-20(26)14(4)25-19-16(9-10-18(23)24-19)29-22(5,6)21(25)27/h9-10,12-15,17H,7-8,11H2,1-6H3,(H2,23,24). The molecule has 2 N–H and O–H groups in total. The Balaban J connectivity index is 1.86. The van der Waals surface area contributed by atoms with E-state index >= 15 is 0 Å². The average molecular weight is 404 g/mol. The van der Waals surface area contributed by atoms with Crippen molar-refractivity contribution in [3.8, 4) is 5.75 Å². The smallest absolute Gasteiger partial charge is 0.329 e. The lowest BCUT2D eigenvalue weighted by Crippen LogP contribution is -2.58. The highest BCUT2D eigenvalue weighted by atomic mass is 16.5. The Morgan fingerprint density at radius 2 is 2.00 bits per heavy atom. The number of ether oxygens (including phenoxy) is 2. The van der Waals surface area contributed by atoms with Gasteiger partial charge in [-0.1, -0.05) is 27.2 Å². The third kappa shape index (κ3) is 4.19. The maximum atomic E-state index is 13.1. The molecule has 1 aliphatic carbocycles. The van der Waals surface area contributed by atoms with Crippen molar-refractivity contribution >= 4 is 23.5 Å². The van der Waals surface area contributed by atoms with Crippen LogP contribution >= 0.6 is 0 Å². The Labute approximate surface area is 172 Å². The van der Waals surface area contributed by atoms with Crippen molar-refractivity contribution in [2.45, 2.75) is 78.6 Å². The van der Waals surface area contributed by atoms with Gasteiger partial charge in [-0.05, 0) is 63.5 Å². The van der Waals surface area contributed by atoms with Crippen LogP contribution in [0.15, 0.2) is 12.1 Å². The van der Waals surface area contributed by atoms with Gasteiger partial charge in [0.15, 0.2) is 17.2 Å². The summed E-state index contributed by atoms with van der Waals surface area (Å²) in [5, 5.41) is 0. The highest BCUT2D eigenvalue weighted by Crippen LogP contribution is 2.39. The van der Waals surface area contributed by atoms with Crippen LogP contribution in [-0.2, 0) is 14.3 Å². The third-order valence-electron chi connectivity index (χ3n) is 6.15. The van der Waals surface area contributed by atoms with E-state index in [9.17, 15) is 9.59 Å². The first-order valence-electron chi connectivity index (χ1n) is 10.5. The van der Waals surface area contributed by atoms with Crippen LogP contribution in [-0.4, -0.2) is 34.6 Å². The summed E-state index contributed by atoms with van der Waals surface area (Å²) in [6, 6.07) is 2.46. The van der Waals surface area contributed by atoms with E-state index in [-0.39, 0.29) is 23.6 Å². The summed E-state index contributed by atoms with van der Waals surface area (Å²) >= 11 is 0. The van der Waals surface area contributed by atoms with Crippen molar-refractivity contribution in [3.63, 3.8) is 0 Å². The van der Waals surface area contributed by atoms with Crippen LogP contribution in [0.1, 0.15) is 60.8 Å². The fourth-order valence-electron chi connectivity index (χ4n) is 4.37. The van der Waals surface area contributed by atoms with Crippen molar-refractivity contribution in [3.05, 3.63) is 12.1 Å². The third-order valence-corrected chi connectivity index (χ3v) is 6.15. The van der Waals surface area contributed by atoms with Crippen LogP contribution in [0.2, 0.25) is 0 Å². The lowest BCUT2D eigenvalue weighted by Gasteiger charge is -2.41. The van der Waals surface area contributed by atoms with Gasteiger partial charge in [0.2, 0.25) is 0 Å². The summed E-state index contributed by atoms with van der Waals surface area (Å²) in [5.41, 5.74) is 4.72. The molecule has 160 valence electrons. The summed E-state index contributed by atoms with van der Waals surface area (Å²) in [7, 11) is 0. The molecule has 29 heavy (non-hydrogen) atoms. The van der Waals surface area contributed by atoms with Crippen LogP contribution < -0.4 is 15.4 Å². The maximum Gasteiger partial charge on any atom is 0.329 e. The van der Waals surface area contributed by atoms with E-state index in [1.807, 2.05) is 0 Å². The molecule has 1 amide bonds. The number of fused-ring (bicyclic) bond motifs is 1. The van der Waals surface area contributed by atoms with Crippen molar-refractivity contribution in [1.29, 1.82) is 0 Å². The van der Waals surface area contributed by atoms with Crippen LogP contribution in [0.5, 0.6) is 5.75 Å². The average Bonchev–Trinajstić information content (AvgIpc) is 2.62. The highest BCUT2D eigenvalue weighted by Gasteiger charge is 2.46. The first-order valence-corrected chi connectivity index (χ1v) is 10.5. The Hall–Kier alpha value is -2.31. The van der Waals surface area contributed by atoms with E-state index in [2.05, 4.69) is 25.8 Å². The molecule has 7 nitrogen and oxygen atoms in total. The zero-order valence-electron chi connectivity index (χ0n) is 18.3. The second-order valence-corrected chi connectivity index (χ2v) is 9.32. The first kappa shape index (κ1) is 21.4. The van der Waals surface area contributed by atoms with Gasteiger partial charge >= 0.3 is 5.97 Å². The number of esters is 1. The number of pyridine rings is 1. The number of anilines is 2. The van der Waals surface area contributed by atoms with Crippen LogP contribution in [0.3, 0.4) is 0 Å². The Kier molecular flexibility index (Phi) is 5.79. The van der Waals surface area contributed by atoms with Crippen LogP contribution in [0.4, 0.5) is 11.6 Å². The molecule has 0 spiro atoms. The van der Waals surface area contributed by atoms with E-state index in [4.69, 9.17) is 15.2 Å². The molecule has 1 aliphatic heterocycles. The Morgan fingerprint density at radius 3 is 2.66 bits per heavy atom. The molecule has 1 fully saturated rings. The molecule has 4 atom stereocenters. The summed E-state index contributed by atoms with van der Waals surface area (Å²) in [4.78, 5) is 31.9. The summed E-state index contributed by atoms with van der Waals surface area (Å²) < 4.78 is 11.8. The van der Waals surface area contributed by atoms with Gasteiger partial charge in [0, 0.05) is 0 Å². The van der Waals surface area contributed by atoms with Gasteiger partial charge in [-0.2, -0.15) is 0 Å². The summed E-state index contributed by atoms with van der Waals surface area (Å²) in [6.45, 7) is 11.6. The molecule has 0 radical (unpaired) electrons. The van der Waals surface area contributed by atoms with Crippen molar-refractivity contribution < 1.29 is 19.1 Å². The monoisotopic (exact) mass is 403 g/mol. The van der Waals surface area contributed by atoms with Gasteiger partial charge in [0.1, 0.15) is 18.0 Å². The van der Waals surface area contributed by atoms with Gasteiger partial charge in [0.25, 0.3) is 5.91 Å². The topological polar surface area (TPSA) is 94.8 Å². The fourth-order valence-corrected chi connectivity index (χ4v) is 4.37. The number of nitrogens with zero attached hydrogens (tertiary/aromatic N) is 2. The zero-order valence-corrected chi connectivity index (χ0v) is 18.3. The molecular weight excluding hydrogens is 370 g/mol. The largest absolute Gasteiger partial charge is 0.474 e. The van der Waals surface area contributed by atoms with Gasteiger partial charge in [0.05, 0.1) is 0 Å². The normalized spacial score (nSPS) is 27.2.